The summed E-state index contributed by atoms with van der Waals surface area (Å²) in [6.45, 7) is 6.27. The smallest absolute Gasteiger partial charge is 0.339 e. The lowest BCUT2D eigenvalue weighted by atomic mass is 9.68. The number of nitro benzene ring substituents is 1. The van der Waals surface area contributed by atoms with Gasteiger partial charge in [0.2, 0.25) is 0 Å². The van der Waals surface area contributed by atoms with Crippen LogP contribution in [0.4, 0.5) is 5.69 Å². The molecule has 1 heterocycles. The van der Waals surface area contributed by atoms with Crippen molar-refractivity contribution in [3.63, 3.8) is 0 Å². The highest BCUT2D eigenvalue weighted by Crippen LogP contribution is 2.41. The van der Waals surface area contributed by atoms with E-state index in [9.17, 15) is 19.7 Å². The third-order valence-corrected chi connectivity index (χ3v) is 7.21. The van der Waals surface area contributed by atoms with Crippen LogP contribution in [0.25, 0.3) is 10.9 Å². The van der Waals surface area contributed by atoms with Crippen LogP contribution >= 0.6 is 0 Å². The summed E-state index contributed by atoms with van der Waals surface area (Å²) in [5.41, 5.74) is 3.37. The summed E-state index contributed by atoms with van der Waals surface area (Å²) < 4.78 is 5.49. The Bertz CT molecular complexity index is 1260. The number of esters is 1. The lowest BCUT2D eigenvalue weighted by Gasteiger charge is -2.37. The minimum atomic E-state index is -0.542. The molecule has 4 rings (SSSR count). The molecule has 7 nitrogen and oxygen atoms in total. The number of aromatic nitrogens is 1. The van der Waals surface area contributed by atoms with E-state index in [0.717, 1.165) is 47.8 Å². The van der Waals surface area contributed by atoms with Crippen LogP contribution < -0.4 is 0 Å². The van der Waals surface area contributed by atoms with Crippen molar-refractivity contribution >= 4 is 28.3 Å². The molecule has 0 saturated heterocycles. The first-order valence-corrected chi connectivity index (χ1v) is 11.6. The van der Waals surface area contributed by atoms with E-state index in [1.807, 2.05) is 24.3 Å². The van der Waals surface area contributed by atoms with E-state index in [4.69, 9.17) is 9.72 Å². The van der Waals surface area contributed by atoms with Gasteiger partial charge in [-0.3, -0.25) is 19.9 Å². The monoisotopic (exact) mass is 460 g/mol. The number of aryl methyl sites for hydroxylation is 1. The highest BCUT2D eigenvalue weighted by Gasteiger charge is 2.34. The van der Waals surface area contributed by atoms with E-state index < -0.39 is 23.3 Å². The van der Waals surface area contributed by atoms with Crippen LogP contribution in [0.1, 0.15) is 65.6 Å². The molecule has 1 aliphatic carbocycles. The van der Waals surface area contributed by atoms with Crippen molar-refractivity contribution < 1.29 is 19.2 Å². The molecular weight excluding hydrogens is 432 g/mol. The number of carbonyl (C=O) groups excluding carboxylic acids is 2. The Balaban J connectivity index is 1.62. The van der Waals surface area contributed by atoms with E-state index in [2.05, 4.69) is 20.8 Å². The van der Waals surface area contributed by atoms with Crippen molar-refractivity contribution in [3.8, 4) is 0 Å². The maximum absolute atomic E-state index is 13.3. The Kier molecular flexibility index (Phi) is 6.46. The van der Waals surface area contributed by atoms with Crippen LogP contribution in [0.3, 0.4) is 0 Å². The summed E-state index contributed by atoms with van der Waals surface area (Å²) in [5.74, 6) is -0.540. The number of hydrogen-bond donors (Lipinski definition) is 0. The molecule has 0 amide bonds. The Hall–Kier alpha value is -3.61. The number of nitrogens with zero attached hydrogens (tertiary/aromatic N) is 2. The van der Waals surface area contributed by atoms with E-state index in [-0.39, 0.29) is 16.7 Å². The summed E-state index contributed by atoms with van der Waals surface area (Å²) in [7, 11) is 0. The Labute approximate surface area is 198 Å². The zero-order chi connectivity index (χ0) is 24.5. The van der Waals surface area contributed by atoms with E-state index in [1.54, 1.807) is 0 Å². The lowest BCUT2D eigenvalue weighted by Crippen LogP contribution is -2.31. The predicted molar refractivity (Wildman–Crippen MR) is 129 cm³/mol. The summed E-state index contributed by atoms with van der Waals surface area (Å²) >= 11 is 0. The minimum absolute atomic E-state index is 0.104. The fourth-order valence-corrected chi connectivity index (χ4v) is 4.63. The first kappa shape index (κ1) is 23.5. The topological polar surface area (TPSA) is 99.4 Å². The maximum Gasteiger partial charge on any atom is 0.339 e. The number of Topliss-reactive ketones (excluding diaryl/α,β-unsaturated/α-hetero) is 1. The normalized spacial score (nSPS) is 15.6. The van der Waals surface area contributed by atoms with Gasteiger partial charge in [-0.15, -0.1) is 0 Å². The fourth-order valence-electron chi connectivity index (χ4n) is 4.63. The number of para-hydroxylation sites is 1. The van der Waals surface area contributed by atoms with Crippen LogP contribution in [0.2, 0.25) is 0 Å². The molecule has 0 radical (unpaired) electrons. The number of pyridine rings is 1. The van der Waals surface area contributed by atoms with Gasteiger partial charge in [0.15, 0.2) is 12.4 Å². The van der Waals surface area contributed by atoms with Crippen LogP contribution in [-0.4, -0.2) is 28.3 Å². The first-order chi connectivity index (χ1) is 16.2. The zero-order valence-corrected chi connectivity index (χ0v) is 19.7. The predicted octanol–water partition coefficient (Wildman–Crippen LogP) is 5.72. The van der Waals surface area contributed by atoms with Crippen molar-refractivity contribution in [2.75, 3.05) is 6.61 Å². The molecule has 3 aromatic rings. The van der Waals surface area contributed by atoms with Gasteiger partial charge < -0.3 is 4.74 Å². The molecule has 0 fully saturated rings. The molecule has 0 N–H and O–H groups in total. The van der Waals surface area contributed by atoms with Crippen molar-refractivity contribution in [1.82, 2.24) is 4.98 Å². The Morgan fingerprint density at radius 3 is 2.53 bits per heavy atom. The van der Waals surface area contributed by atoms with Crippen LogP contribution in [-0.2, 0) is 17.6 Å². The second-order valence-corrected chi connectivity index (χ2v) is 9.51. The maximum atomic E-state index is 13.3. The summed E-state index contributed by atoms with van der Waals surface area (Å²) in [5, 5.41) is 11.6. The number of nitro groups is 1. The number of fused-ring (bicyclic) bond motifs is 2. The molecule has 176 valence electrons. The van der Waals surface area contributed by atoms with Gasteiger partial charge in [0.05, 0.1) is 16.0 Å². The second kappa shape index (κ2) is 9.33. The molecule has 0 bridgehead atoms. The summed E-state index contributed by atoms with van der Waals surface area (Å²) in [6, 6.07) is 12.8. The van der Waals surface area contributed by atoms with Gasteiger partial charge in [0, 0.05) is 28.8 Å². The Morgan fingerprint density at radius 1 is 1.15 bits per heavy atom. The van der Waals surface area contributed by atoms with Crippen molar-refractivity contribution in [1.29, 1.82) is 0 Å². The SMILES string of the molecule is CCC(C)(C)C1CCc2nc3ccccc3c(C(=O)OCC(=O)c3ccc([N+](=O)[O-])cc3)c2C1. The van der Waals surface area contributed by atoms with Gasteiger partial charge in [-0.1, -0.05) is 45.4 Å². The summed E-state index contributed by atoms with van der Waals surface area (Å²) in [6.07, 6.45) is 3.61. The number of benzene rings is 2. The molecule has 34 heavy (non-hydrogen) atoms. The quantitative estimate of drug-likeness (QED) is 0.193. The average Bonchev–Trinajstić information content (AvgIpc) is 2.85. The van der Waals surface area contributed by atoms with Gasteiger partial charge in [-0.2, -0.15) is 0 Å². The zero-order valence-electron chi connectivity index (χ0n) is 19.7. The molecular formula is C27H28N2O5. The Morgan fingerprint density at radius 2 is 1.85 bits per heavy atom. The molecule has 0 saturated carbocycles. The number of carbonyl (C=O) groups is 2. The largest absolute Gasteiger partial charge is 0.454 e. The summed E-state index contributed by atoms with van der Waals surface area (Å²) in [4.78, 5) is 41.1. The molecule has 1 unspecified atom stereocenters. The standard InChI is InChI=1S/C27H28N2O5/c1-4-27(2,3)18-11-14-23-21(15-18)25(20-7-5-6-8-22(20)28-23)26(31)34-16-24(30)17-9-12-19(13-10-17)29(32)33/h5-10,12-13,18H,4,11,14-16H2,1-3H3. The number of rotatable bonds is 7. The number of non-ortho nitro benzene ring substituents is 1. The average molecular weight is 461 g/mol. The highest BCUT2D eigenvalue weighted by molar-refractivity contribution is 6.06. The second-order valence-electron chi connectivity index (χ2n) is 9.51. The van der Waals surface area contributed by atoms with Gasteiger partial charge in [-0.25, -0.2) is 4.79 Å². The van der Waals surface area contributed by atoms with E-state index in [0.29, 0.717) is 11.5 Å². The molecule has 0 spiro atoms. The van der Waals surface area contributed by atoms with Crippen molar-refractivity contribution in [2.45, 2.75) is 46.5 Å². The number of ether oxygens (including phenoxy) is 1. The van der Waals surface area contributed by atoms with E-state index >= 15 is 0 Å². The molecule has 7 heteroatoms. The third-order valence-electron chi connectivity index (χ3n) is 7.21. The molecule has 1 aliphatic rings. The first-order valence-electron chi connectivity index (χ1n) is 11.6. The number of ketones is 1. The van der Waals surface area contributed by atoms with Crippen LogP contribution in [0.15, 0.2) is 48.5 Å². The fraction of sp³-hybridized carbons (Fsp3) is 0.370. The molecule has 1 aromatic heterocycles. The van der Waals surface area contributed by atoms with Crippen LogP contribution in [0, 0.1) is 21.4 Å². The molecule has 1 atom stereocenters. The molecule has 2 aromatic carbocycles. The highest BCUT2D eigenvalue weighted by atomic mass is 16.6. The van der Waals surface area contributed by atoms with Gasteiger partial charge in [0.25, 0.3) is 5.69 Å². The van der Waals surface area contributed by atoms with Crippen LogP contribution in [0.5, 0.6) is 0 Å². The third kappa shape index (κ3) is 4.55. The van der Waals surface area contributed by atoms with Gasteiger partial charge >= 0.3 is 5.97 Å². The van der Waals surface area contributed by atoms with Gasteiger partial charge in [-0.05, 0) is 54.4 Å². The molecule has 0 aliphatic heterocycles. The van der Waals surface area contributed by atoms with Crippen molar-refractivity contribution in [2.24, 2.45) is 11.3 Å². The lowest BCUT2D eigenvalue weighted by molar-refractivity contribution is -0.384. The number of hydrogen-bond acceptors (Lipinski definition) is 6. The van der Waals surface area contributed by atoms with Gasteiger partial charge in [0.1, 0.15) is 0 Å². The van der Waals surface area contributed by atoms with Crippen molar-refractivity contribution in [3.05, 3.63) is 81.0 Å². The van der Waals surface area contributed by atoms with E-state index in [1.165, 1.54) is 24.3 Å². The minimum Gasteiger partial charge on any atom is -0.454 e.